The second kappa shape index (κ2) is 18.5. The van der Waals surface area contributed by atoms with Gasteiger partial charge in [-0.2, -0.15) is 0 Å². The highest BCUT2D eigenvalue weighted by Gasteiger charge is 2.48. The molecule has 0 saturated carbocycles. The molecule has 0 aliphatic carbocycles. The minimum Gasteiger partial charge on any atom is -0.463 e. The second-order valence-electron chi connectivity index (χ2n) is 12.1. The molecular weight excluding hydrogens is 697 g/mol. The fraction of sp³-hybridized carbons (Fsp3) is 0.0714. The summed E-state index contributed by atoms with van der Waals surface area (Å²) >= 11 is 0. The lowest BCUT2D eigenvalue weighted by Crippen LogP contribution is -2.66. The van der Waals surface area contributed by atoms with E-state index < -0.39 is 41.9 Å². The first kappa shape index (κ1) is 36.1. The van der Waals surface area contributed by atoms with Crippen molar-refractivity contribution in [3.63, 3.8) is 0 Å². The first-order valence-electron chi connectivity index (χ1n) is 17.3. The molecule has 0 aliphatic rings. The van der Waals surface area contributed by atoms with Gasteiger partial charge in [0, 0.05) is 12.1 Å². The Bertz CT molecular complexity index is 1610. The van der Waals surface area contributed by atoms with E-state index in [2.05, 4.69) is 152 Å². The van der Waals surface area contributed by atoms with Crippen LogP contribution in [0.4, 0.5) is 0 Å². The summed E-state index contributed by atoms with van der Waals surface area (Å²) in [5, 5.41) is 6.84. The van der Waals surface area contributed by atoms with Crippen LogP contribution in [-0.2, 0) is 21.9 Å². The van der Waals surface area contributed by atoms with E-state index in [4.69, 9.17) is 17.1 Å². The number of esters is 1. The molecule has 9 heteroatoms. The molecule has 0 bridgehead atoms. The summed E-state index contributed by atoms with van der Waals surface area (Å²) in [4.78, 5) is 12.2. The Morgan fingerprint density at radius 1 is 0.490 bits per heavy atom. The van der Waals surface area contributed by atoms with Crippen LogP contribution in [0.2, 0.25) is 6.04 Å². The predicted molar refractivity (Wildman–Crippen MR) is 221 cm³/mol. The molecule has 0 radical (unpaired) electrons. The van der Waals surface area contributed by atoms with Crippen molar-refractivity contribution in [2.24, 2.45) is 0 Å². The zero-order valence-electron chi connectivity index (χ0n) is 31.5. The number of carbonyl (C=O) groups excluding carboxylic acids is 1. The highest BCUT2D eigenvalue weighted by molar-refractivity contribution is 6.95. The van der Waals surface area contributed by atoms with Crippen LogP contribution in [0.3, 0.4) is 0 Å². The van der Waals surface area contributed by atoms with Gasteiger partial charge in [0.15, 0.2) is 0 Å². The molecule has 0 saturated heterocycles. The van der Waals surface area contributed by atoms with E-state index in [1.807, 2.05) is 36.4 Å². The van der Waals surface area contributed by atoms with Crippen LogP contribution in [0.5, 0.6) is 0 Å². The van der Waals surface area contributed by atoms with Gasteiger partial charge >= 0.3 is 19.1 Å². The van der Waals surface area contributed by atoms with Crippen molar-refractivity contribution in [1.29, 1.82) is 0 Å². The van der Waals surface area contributed by atoms with Crippen LogP contribution in [0.15, 0.2) is 195 Å². The number of rotatable bonds is 17. The van der Waals surface area contributed by atoms with Crippen molar-refractivity contribution >= 4 is 73.0 Å². The molecule has 0 heterocycles. The van der Waals surface area contributed by atoms with Gasteiger partial charge in [-0.1, -0.05) is 189 Å². The predicted octanol–water partition coefficient (Wildman–Crippen LogP) is 4.05. The highest BCUT2D eigenvalue weighted by atomic mass is 28.5. The molecule has 0 aliphatic heterocycles. The molecule has 5 nitrogen and oxygen atoms in total. The maximum absolute atomic E-state index is 12.2. The van der Waals surface area contributed by atoms with Gasteiger partial charge in [0.2, 0.25) is 27.1 Å². The first-order valence-corrected chi connectivity index (χ1v) is 24.1. The molecule has 6 aromatic rings. The SMILES string of the molecule is C=CC(=O)OCCC[Si](O[SiH](c1ccccc1)c1ccccc1)(O[SiH](c1ccccc1)c1ccccc1)O[SiH](c1ccccc1)c1ccccc1.[H+].[H+].[H+]. The van der Waals surface area contributed by atoms with Crippen molar-refractivity contribution < 1.29 is 26.2 Å². The Morgan fingerprint density at radius 2 is 0.745 bits per heavy atom. The van der Waals surface area contributed by atoms with Gasteiger partial charge in [-0.15, -0.1) is 0 Å². The van der Waals surface area contributed by atoms with Gasteiger partial charge in [0.25, 0.3) is 0 Å². The molecule has 0 unspecified atom stereocenters. The Balaban J connectivity index is 0.00000261. The molecule has 6 aromatic carbocycles. The highest BCUT2D eigenvalue weighted by Crippen LogP contribution is 2.23. The fourth-order valence-electron chi connectivity index (χ4n) is 6.07. The summed E-state index contributed by atoms with van der Waals surface area (Å²) in [6, 6.07) is 63.3. The zero-order valence-corrected chi connectivity index (χ0v) is 33.0. The van der Waals surface area contributed by atoms with Crippen molar-refractivity contribution in [1.82, 2.24) is 0 Å². The quantitative estimate of drug-likeness (QED) is 0.0612. The van der Waals surface area contributed by atoms with Gasteiger partial charge in [0.1, 0.15) is 0 Å². The Kier molecular flexibility index (Phi) is 13.1. The monoisotopic (exact) mass is 741 g/mol. The van der Waals surface area contributed by atoms with Crippen LogP contribution < -0.4 is 31.1 Å². The zero-order chi connectivity index (χ0) is 35.1. The molecular formula is C42H45O5Si4+3. The second-order valence-corrected chi connectivity index (χ2v) is 23.1. The normalized spacial score (nSPS) is 11.5. The Hall–Kier alpha value is -4.72. The van der Waals surface area contributed by atoms with Crippen LogP contribution in [0.25, 0.3) is 0 Å². The molecule has 0 amide bonds. The fourth-order valence-corrected chi connectivity index (χ4v) is 22.4. The van der Waals surface area contributed by atoms with E-state index in [-0.39, 0.29) is 10.9 Å². The smallest absolute Gasteiger partial charge is 0.463 e. The van der Waals surface area contributed by atoms with Gasteiger partial charge in [-0.3, -0.25) is 0 Å². The first-order chi connectivity index (χ1) is 25.1. The van der Waals surface area contributed by atoms with Crippen LogP contribution in [-0.4, -0.2) is 48.5 Å². The van der Waals surface area contributed by atoms with Gasteiger partial charge in [-0.05, 0) is 37.5 Å². The lowest BCUT2D eigenvalue weighted by molar-refractivity contribution is -0.137. The third-order valence-corrected chi connectivity index (χ3v) is 22.6. The van der Waals surface area contributed by atoms with E-state index >= 15 is 0 Å². The molecule has 256 valence electrons. The molecule has 0 aromatic heterocycles. The number of hydrogen-bond acceptors (Lipinski definition) is 5. The Morgan fingerprint density at radius 3 is 0.980 bits per heavy atom. The Labute approximate surface area is 311 Å². The number of hydrogen-bond donors (Lipinski definition) is 0. The standard InChI is InChI=1S/C42H42O5Si4/c1-2-42(43)44-34-21-35-51(45-48(36-22-9-3-10-23-36)37-24-11-4-12-25-37,46-49(38-26-13-5-14-27-38)39-28-15-6-16-29-39)47-50(40-30-17-7-18-31-40)41-32-19-8-20-33-41/h2-20,22-33,48-50H,1,21,34-35H2/p+3. The topological polar surface area (TPSA) is 54.0 Å². The van der Waals surface area contributed by atoms with Gasteiger partial charge < -0.3 is 17.1 Å². The van der Waals surface area contributed by atoms with Crippen LogP contribution in [0, 0.1) is 0 Å². The minimum atomic E-state index is -3.70. The number of carbonyl (C=O) groups is 1. The third kappa shape index (κ3) is 9.96. The molecule has 0 spiro atoms. The summed E-state index contributed by atoms with van der Waals surface area (Å²) in [6.07, 6.45) is 1.70. The van der Waals surface area contributed by atoms with Crippen molar-refractivity contribution in [3.8, 4) is 0 Å². The van der Waals surface area contributed by atoms with E-state index in [1.165, 1.54) is 6.08 Å². The molecule has 51 heavy (non-hydrogen) atoms. The molecule has 0 fully saturated rings. The van der Waals surface area contributed by atoms with Gasteiger partial charge in [0.05, 0.1) is 6.61 Å². The lowest BCUT2D eigenvalue weighted by Gasteiger charge is -2.39. The average Bonchev–Trinajstić information content (AvgIpc) is 3.21. The van der Waals surface area contributed by atoms with E-state index in [0.29, 0.717) is 12.5 Å². The minimum absolute atomic E-state index is 0. The van der Waals surface area contributed by atoms with E-state index in [9.17, 15) is 4.79 Å². The molecule has 0 atom stereocenters. The van der Waals surface area contributed by atoms with E-state index in [1.54, 1.807) is 0 Å². The van der Waals surface area contributed by atoms with Crippen LogP contribution >= 0.6 is 0 Å². The van der Waals surface area contributed by atoms with Crippen molar-refractivity contribution in [2.75, 3.05) is 6.61 Å². The lowest BCUT2D eigenvalue weighted by atomic mass is 10.4. The van der Waals surface area contributed by atoms with E-state index in [0.717, 1.165) is 31.1 Å². The summed E-state index contributed by atoms with van der Waals surface area (Å²) < 4.78 is 28.7. The third-order valence-electron chi connectivity index (χ3n) is 8.54. The summed E-state index contributed by atoms with van der Waals surface area (Å²) in [5.74, 6) is -0.451. The maximum atomic E-state index is 12.2. The van der Waals surface area contributed by atoms with Crippen molar-refractivity contribution in [3.05, 3.63) is 195 Å². The van der Waals surface area contributed by atoms with Gasteiger partial charge in [-0.25, -0.2) is 4.79 Å². The summed E-state index contributed by atoms with van der Waals surface area (Å²) in [5.41, 5.74) is 0. The number of benzene rings is 6. The molecule has 6 rings (SSSR count). The largest absolute Gasteiger partial charge is 1.00 e. The average molecular weight is 742 g/mol. The molecule has 0 N–H and O–H groups in total. The maximum Gasteiger partial charge on any atom is 1.00 e. The van der Waals surface area contributed by atoms with Crippen LogP contribution in [0.1, 0.15) is 10.7 Å². The number of ether oxygens (including phenoxy) is 1. The van der Waals surface area contributed by atoms with Crippen molar-refractivity contribution in [2.45, 2.75) is 12.5 Å². The summed E-state index contributed by atoms with van der Waals surface area (Å²) in [6.45, 7) is 3.78. The summed E-state index contributed by atoms with van der Waals surface area (Å²) in [7, 11) is -10.9.